The van der Waals surface area contributed by atoms with Gasteiger partial charge in [-0.15, -0.1) is 0 Å². The predicted molar refractivity (Wildman–Crippen MR) is 71.2 cm³/mol. The molecule has 0 spiro atoms. The third-order valence-corrected chi connectivity index (χ3v) is 3.91. The van der Waals surface area contributed by atoms with Crippen LogP contribution in [0.1, 0.15) is 20.7 Å². The summed E-state index contributed by atoms with van der Waals surface area (Å²) >= 11 is 6.15. The topological polar surface area (TPSA) is 54.0 Å². The maximum atomic E-state index is 12.5. The summed E-state index contributed by atoms with van der Waals surface area (Å²) < 4.78 is 0. The number of rotatable bonds is 1. The van der Waals surface area contributed by atoms with E-state index in [0.29, 0.717) is 16.8 Å². The molecule has 0 amide bonds. The van der Waals surface area contributed by atoms with Crippen molar-refractivity contribution < 1.29 is 14.9 Å². The highest BCUT2D eigenvalue weighted by Gasteiger charge is 2.34. The first kappa shape index (κ1) is 12.4. The van der Waals surface area contributed by atoms with Crippen LogP contribution in [0.15, 0.2) is 35.0 Å². The summed E-state index contributed by atoms with van der Waals surface area (Å²) in [7, 11) is 0. The minimum Gasteiger partial charge on any atom is -0.356 e. The number of fused-ring (bicyclic) bond motifs is 1. The molecule has 1 fully saturated rings. The number of piperazine rings is 1. The summed E-state index contributed by atoms with van der Waals surface area (Å²) in [6.45, 7) is 3.31. The van der Waals surface area contributed by atoms with Crippen molar-refractivity contribution in [3.05, 3.63) is 46.1 Å². The Morgan fingerprint density at radius 2 is 1.58 bits per heavy atom. The molecule has 5 heteroatoms. The molecule has 1 aromatic rings. The van der Waals surface area contributed by atoms with E-state index in [4.69, 9.17) is 11.6 Å². The molecule has 0 radical (unpaired) electrons. The molecule has 0 aromatic heterocycles. The summed E-state index contributed by atoms with van der Waals surface area (Å²) in [6, 6.07) is 6.85. The summed E-state index contributed by atoms with van der Waals surface area (Å²) in [6.07, 6.45) is 0. The van der Waals surface area contributed by atoms with Gasteiger partial charge in [-0.05, 0) is 0 Å². The number of nitrogens with two attached hydrogens (primary N) is 1. The second kappa shape index (κ2) is 4.79. The van der Waals surface area contributed by atoms with Gasteiger partial charge < -0.3 is 10.2 Å². The molecule has 1 heterocycles. The van der Waals surface area contributed by atoms with Crippen LogP contribution < -0.4 is 5.32 Å². The van der Waals surface area contributed by atoms with Crippen molar-refractivity contribution in [3.63, 3.8) is 0 Å². The second-order valence-electron chi connectivity index (χ2n) is 4.72. The van der Waals surface area contributed by atoms with Crippen LogP contribution in [0.4, 0.5) is 0 Å². The minimum absolute atomic E-state index is 0.0607. The van der Waals surface area contributed by atoms with Crippen LogP contribution in [0.2, 0.25) is 0 Å². The number of ketones is 2. The van der Waals surface area contributed by atoms with Gasteiger partial charge in [0.15, 0.2) is 0 Å². The molecule has 3 rings (SSSR count). The normalized spacial score (nSPS) is 19.7. The molecule has 19 heavy (non-hydrogen) atoms. The van der Waals surface area contributed by atoms with Gasteiger partial charge in [0.1, 0.15) is 10.7 Å². The lowest BCUT2D eigenvalue weighted by Gasteiger charge is -2.31. The molecule has 0 unspecified atom stereocenters. The van der Waals surface area contributed by atoms with Gasteiger partial charge >= 0.3 is 0 Å². The molecule has 1 aliphatic heterocycles. The van der Waals surface area contributed by atoms with Gasteiger partial charge in [0, 0.05) is 11.1 Å². The number of halogens is 1. The molecule has 4 nitrogen and oxygen atoms in total. The van der Waals surface area contributed by atoms with Gasteiger partial charge in [0.05, 0.1) is 26.2 Å². The number of Topliss-reactive ketones (excluding diaryl/α,β-unsaturated/α-hetero) is 2. The Morgan fingerprint density at radius 1 is 1.00 bits per heavy atom. The molecule has 1 aromatic carbocycles. The molecule has 1 aliphatic carbocycles. The Morgan fingerprint density at radius 3 is 2.21 bits per heavy atom. The largest absolute Gasteiger partial charge is 0.356 e. The highest BCUT2D eigenvalue weighted by molar-refractivity contribution is 6.49. The van der Waals surface area contributed by atoms with Crippen molar-refractivity contribution in [1.82, 2.24) is 4.90 Å². The third kappa shape index (κ3) is 1.97. The molecule has 98 valence electrons. The van der Waals surface area contributed by atoms with E-state index in [9.17, 15) is 9.59 Å². The molecular formula is C14H14ClN2O2+. The van der Waals surface area contributed by atoms with Crippen LogP contribution in [0, 0.1) is 0 Å². The van der Waals surface area contributed by atoms with Gasteiger partial charge in [-0.1, -0.05) is 35.9 Å². The highest BCUT2D eigenvalue weighted by Crippen LogP contribution is 2.30. The maximum Gasteiger partial charge on any atom is 0.211 e. The zero-order valence-electron chi connectivity index (χ0n) is 10.4. The molecular weight excluding hydrogens is 264 g/mol. The van der Waals surface area contributed by atoms with Crippen LogP contribution in [-0.4, -0.2) is 42.6 Å². The molecule has 0 bridgehead atoms. The number of hydrogen-bond acceptors (Lipinski definition) is 3. The van der Waals surface area contributed by atoms with Crippen molar-refractivity contribution in [2.45, 2.75) is 0 Å². The van der Waals surface area contributed by atoms with Crippen molar-refractivity contribution in [1.29, 1.82) is 0 Å². The van der Waals surface area contributed by atoms with Crippen LogP contribution in [0.25, 0.3) is 0 Å². The van der Waals surface area contributed by atoms with Crippen molar-refractivity contribution in [3.8, 4) is 0 Å². The fraction of sp³-hybridized carbons (Fsp3) is 0.286. The monoisotopic (exact) mass is 277 g/mol. The van der Waals surface area contributed by atoms with Gasteiger partial charge in [0.2, 0.25) is 11.6 Å². The number of benzene rings is 1. The average molecular weight is 278 g/mol. The lowest BCUT2D eigenvalue weighted by atomic mass is 9.91. The lowest BCUT2D eigenvalue weighted by Crippen LogP contribution is -2.89. The molecule has 2 N–H and O–H groups in total. The number of hydrogen-bond donors (Lipinski definition) is 1. The first-order chi connectivity index (χ1) is 9.20. The zero-order chi connectivity index (χ0) is 13.4. The summed E-state index contributed by atoms with van der Waals surface area (Å²) in [5, 5.41) is 2.25. The van der Waals surface area contributed by atoms with E-state index in [-0.39, 0.29) is 16.6 Å². The first-order valence-corrected chi connectivity index (χ1v) is 6.73. The van der Waals surface area contributed by atoms with E-state index in [0.717, 1.165) is 26.2 Å². The molecule has 0 atom stereocenters. The summed E-state index contributed by atoms with van der Waals surface area (Å²) in [4.78, 5) is 26.7. The number of quaternary nitrogens is 1. The van der Waals surface area contributed by atoms with Gasteiger partial charge in [-0.2, -0.15) is 0 Å². The second-order valence-corrected chi connectivity index (χ2v) is 5.10. The lowest BCUT2D eigenvalue weighted by molar-refractivity contribution is -0.662. The van der Waals surface area contributed by atoms with Crippen LogP contribution in [-0.2, 0) is 0 Å². The van der Waals surface area contributed by atoms with Crippen LogP contribution in [0.3, 0.4) is 0 Å². The Bertz CT molecular complexity index is 589. The minimum atomic E-state index is -0.249. The fourth-order valence-corrected chi connectivity index (χ4v) is 2.90. The Balaban J connectivity index is 2.07. The Kier molecular flexibility index (Phi) is 3.12. The Labute approximate surface area is 116 Å². The molecule has 0 saturated carbocycles. The van der Waals surface area contributed by atoms with Crippen LogP contribution in [0.5, 0.6) is 0 Å². The van der Waals surface area contributed by atoms with Gasteiger partial charge in [0.25, 0.3) is 0 Å². The number of carbonyl (C=O) groups excluding carboxylic acids is 2. The highest BCUT2D eigenvalue weighted by atomic mass is 35.5. The smallest absolute Gasteiger partial charge is 0.211 e. The SMILES string of the molecule is O=C1C(Cl)=C(N2CC[NH2+]CC2)C(=O)c2ccccc21. The summed E-state index contributed by atoms with van der Waals surface area (Å²) in [5.74, 6) is -0.386. The maximum absolute atomic E-state index is 12.5. The van der Waals surface area contributed by atoms with Gasteiger partial charge in [-0.3, -0.25) is 9.59 Å². The van der Waals surface area contributed by atoms with E-state index in [1.807, 2.05) is 4.90 Å². The quantitative estimate of drug-likeness (QED) is 0.808. The first-order valence-electron chi connectivity index (χ1n) is 6.35. The number of carbonyl (C=O) groups is 2. The average Bonchev–Trinajstić information content (AvgIpc) is 2.46. The van der Waals surface area contributed by atoms with E-state index in [1.165, 1.54) is 0 Å². The number of allylic oxidation sites excluding steroid dienone is 2. The van der Waals surface area contributed by atoms with Crippen molar-refractivity contribution in [2.24, 2.45) is 0 Å². The van der Waals surface area contributed by atoms with E-state index in [1.54, 1.807) is 24.3 Å². The van der Waals surface area contributed by atoms with E-state index < -0.39 is 0 Å². The molecule has 1 saturated heterocycles. The van der Waals surface area contributed by atoms with Crippen LogP contribution >= 0.6 is 11.6 Å². The van der Waals surface area contributed by atoms with E-state index in [2.05, 4.69) is 5.32 Å². The van der Waals surface area contributed by atoms with E-state index >= 15 is 0 Å². The third-order valence-electron chi connectivity index (χ3n) is 3.56. The fourth-order valence-electron chi connectivity index (χ4n) is 2.59. The predicted octanol–water partition coefficient (Wildman–Crippen LogP) is 0.395. The summed E-state index contributed by atoms with van der Waals surface area (Å²) in [5.41, 5.74) is 1.24. The van der Waals surface area contributed by atoms with Crippen molar-refractivity contribution in [2.75, 3.05) is 26.2 Å². The zero-order valence-corrected chi connectivity index (χ0v) is 11.1. The Hall–Kier alpha value is -1.65. The van der Waals surface area contributed by atoms with Gasteiger partial charge in [-0.25, -0.2) is 0 Å². The standard InChI is InChI=1S/C14H13ClN2O2/c15-11-12(17-7-5-16-6-8-17)14(19)10-4-2-1-3-9(10)13(11)18/h1-4,16H,5-8H2/p+1. The van der Waals surface area contributed by atoms with Crippen molar-refractivity contribution >= 4 is 23.2 Å². The number of nitrogens with zero attached hydrogens (tertiary/aromatic N) is 1. The molecule has 2 aliphatic rings.